The Bertz CT molecular complexity index is 555. The lowest BCUT2D eigenvalue weighted by atomic mass is 10.2. The number of nitrogens with zero attached hydrogens (tertiary/aromatic N) is 2. The van der Waals surface area contributed by atoms with Gasteiger partial charge in [0.15, 0.2) is 0 Å². The maximum atomic E-state index is 11.7. The molecule has 0 fully saturated rings. The van der Waals surface area contributed by atoms with Crippen molar-refractivity contribution in [3.8, 4) is 0 Å². The van der Waals surface area contributed by atoms with Gasteiger partial charge in [-0.15, -0.1) is 0 Å². The van der Waals surface area contributed by atoms with Crippen LogP contribution in [0.3, 0.4) is 0 Å². The largest absolute Gasteiger partial charge is 0.290 e. The van der Waals surface area contributed by atoms with E-state index in [1.807, 2.05) is 39.0 Å². The van der Waals surface area contributed by atoms with E-state index in [9.17, 15) is 4.79 Å². The predicted molar refractivity (Wildman–Crippen MR) is 61.1 cm³/mol. The minimum absolute atomic E-state index is 0.00981. The minimum Gasteiger partial charge on any atom is -0.290 e. The second-order valence-corrected chi connectivity index (χ2v) is 4.00. The second-order valence-electron chi connectivity index (χ2n) is 4.00. The van der Waals surface area contributed by atoms with Crippen LogP contribution in [-0.2, 0) is 0 Å². The van der Waals surface area contributed by atoms with Gasteiger partial charge in [-0.2, -0.15) is 0 Å². The molecule has 0 aliphatic heterocycles. The van der Waals surface area contributed by atoms with Gasteiger partial charge in [0, 0.05) is 23.2 Å². The highest BCUT2D eigenvalue weighted by molar-refractivity contribution is 5.75. The first-order chi connectivity index (χ1) is 7.09. The van der Waals surface area contributed by atoms with Gasteiger partial charge in [0.1, 0.15) is 5.65 Å². The van der Waals surface area contributed by atoms with Crippen LogP contribution in [0.1, 0.15) is 25.6 Å². The molecule has 0 aromatic carbocycles. The molecule has 0 bridgehead atoms. The number of hydrogen-bond acceptors (Lipinski definition) is 2. The lowest BCUT2D eigenvalue weighted by molar-refractivity contribution is 0.595. The van der Waals surface area contributed by atoms with Crippen molar-refractivity contribution >= 4 is 11.0 Å². The fraction of sp³-hybridized carbons (Fsp3) is 0.333. The molecule has 2 rings (SSSR count). The monoisotopic (exact) mass is 202 g/mol. The number of fused-ring (bicyclic) bond motifs is 1. The van der Waals surface area contributed by atoms with Gasteiger partial charge < -0.3 is 0 Å². The summed E-state index contributed by atoms with van der Waals surface area (Å²) < 4.78 is 1.72. The Labute approximate surface area is 88.4 Å². The van der Waals surface area contributed by atoms with Gasteiger partial charge in [-0.1, -0.05) is 0 Å². The average Bonchev–Trinajstić information content (AvgIpc) is 2.16. The van der Waals surface area contributed by atoms with E-state index < -0.39 is 0 Å². The molecule has 0 spiro atoms. The van der Waals surface area contributed by atoms with E-state index in [4.69, 9.17) is 0 Å². The fourth-order valence-corrected chi connectivity index (χ4v) is 1.72. The number of pyridine rings is 2. The summed E-state index contributed by atoms with van der Waals surface area (Å²) in [6, 6.07) is 7.51. The van der Waals surface area contributed by atoms with Crippen LogP contribution in [0.25, 0.3) is 11.0 Å². The zero-order chi connectivity index (χ0) is 11.0. The number of aryl methyl sites for hydroxylation is 1. The van der Waals surface area contributed by atoms with E-state index in [-0.39, 0.29) is 11.6 Å². The SMILES string of the molecule is Cc1ccc2ccc(=O)n(C(C)C)c2n1. The zero-order valence-electron chi connectivity index (χ0n) is 9.19. The van der Waals surface area contributed by atoms with Crippen LogP contribution >= 0.6 is 0 Å². The molecule has 0 saturated carbocycles. The van der Waals surface area contributed by atoms with Crippen LogP contribution in [0, 0.1) is 6.92 Å². The van der Waals surface area contributed by atoms with Crippen molar-refractivity contribution in [3.05, 3.63) is 40.3 Å². The van der Waals surface area contributed by atoms with Crippen LogP contribution < -0.4 is 5.56 Å². The molecule has 0 atom stereocenters. The van der Waals surface area contributed by atoms with Crippen molar-refractivity contribution in [1.29, 1.82) is 0 Å². The molecular weight excluding hydrogens is 188 g/mol. The number of hydrogen-bond donors (Lipinski definition) is 0. The topological polar surface area (TPSA) is 34.9 Å². The van der Waals surface area contributed by atoms with Gasteiger partial charge >= 0.3 is 0 Å². The molecule has 0 aliphatic carbocycles. The average molecular weight is 202 g/mol. The molecule has 0 unspecified atom stereocenters. The Morgan fingerprint density at radius 2 is 1.87 bits per heavy atom. The second kappa shape index (κ2) is 3.50. The molecule has 3 nitrogen and oxygen atoms in total. The molecule has 2 heterocycles. The van der Waals surface area contributed by atoms with Crippen LogP contribution in [-0.4, -0.2) is 9.55 Å². The summed E-state index contributed by atoms with van der Waals surface area (Å²) in [5.41, 5.74) is 1.72. The summed E-state index contributed by atoms with van der Waals surface area (Å²) in [7, 11) is 0. The Morgan fingerprint density at radius 1 is 1.20 bits per heavy atom. The van der Waals surface area contributed by atoms with E-state index in [2.05, 4.69) is 4.98 Å². The summed E-state index contributed by atoms with van der Waals surface area (Å²) in [6.45, 7) is 5.91. The maximum Gasteiger partial charge on any atom is 0.252 e. The van der Waals surface area contributed by atoms with Crippen LogP contribution in [0.4, 0.5) is 0 Å². The van der Waals surface area contributed by atoms with Crippen molar-refractivity contribution in [1.82, 2.24) is 9.55 Å². The lowest BCUT2D eigenvalue weighted by Crippen LogP contribution is -2.21. The predicted octanol–water partition coefficient (Wildman–Crippen LogP) is 2.29. The van der Waals surface area contributed by atoms with Crippen LogP contribution in [0.5, 0.6) is 0 Å². The van der Waals surface area contributed by atoms with Gasteiger partial charge in [-0.25, -0.2) is 4.98 Å². The lowest BCUT2D eigenvalue weighted by Gasteiger charge is -2.12. The Hall–Kier alpha value is -1.64. The Balaban J connectivity index is 2.91. The van der Waals surface area contributed by atoms with Crippen molar-refractivity contribution < 1.29 is 0 Å². The van der Waals surface area contributed by atoms with Crippen LogP contribution in [0.2, 0.25) is 0 Å². The summed E-state index contributed by atoms with van der Waals surface area (Å²) >= 11 is 0. The molecule has 2 aromatic heterocycles. The first-order valence-corrected chi connectivity index (χ1v) is 5.08. The summed E-state index contributed by atoms with van der Waals surface area (Å²) in [5.74, 6) is 0. The number of aromatic nitrogens is 2. The van der Waals surface area contributed by atoms with Crippen LogP contribution in [0.15, 0.2) is 29.1 Å². The molecular formula is C12H14N2O. The maximum absolute atomic E-state index is 11.7. The van der Waals surface area contributed by atoms with Gasteiger partial charge in [-0.3, -0.25) is 9.36 Å². The smallest absolute Gasteiger partial charge is 0.252 e. The Morgan fingerprint density at radius 3 is 2.53 bits per heavy atom. The van der Waals surface area contributed by atoms with Crippen molar-refractivity contribution in [3.63, 3.8) is 0 Å². The third-order valence-corrected chi connectivity index (χ3v) is 2.43. The molecule has 0 radical (unpaired) electrons. The highest BCUT2D eigenvalue weighted by Crippen LogP contribution is 2.13. The Kier molecular flexibility index (Phi) is 2.31. The van der Waals surface area contributed by atoms with Gasteiger partial charge in [0.05, 0.1) is 0 Å². The van der Waals surface area contributed by atoms with Crippen molar-refractivity contribution in [2.24, 2.45) is 0 Å². The van der Waals surface area contributed by atoms with E-state index in [0.717, 1.165) is 16.7 Å². The quantitative estimate of drug-likeness (QED) is 0.711. The highest BCUT2D eigenvalue weighted by atomic mass is 16.1. The third-order valence-electron chi connectivity index (χ3n) is 2.43. The number of rotatable bonds is 1. The van der Waals surface area contributed by atoms with Gasteiger partial charge in [0.2, 0.25) is 0 Å². The molecule has 0 aliphatic rings. The molecule has 78 valence electrons. The van der Waals surface area contributed by atoms with E-state index in [1.54, 1.807) is 10.6 Å². The summed E-state index contributed by atoms with van der Waals surface area (Å²) in [6.07, 6.45) is 0. The van der Waals surface area contributed by atoms with Crippen molar-refractivity contribution in [2.45, 2.75) is 26.8 Å². The van der Waals surface area contributed by atoms with Crippen molar-refractivity contribution in [2.75, 3.05) is 0 Å². The van der Waals surface area contributed by atoms with Gasteiger partial charge in [0.25, 0.3) is 5.56 Å². The molecule has 0 amide bonds. The van der Waals surface area contributed by atoms with Gasteiger partial charge in [-0.05, 0) is 39.0 Å². The summed E-state index contributed by atoms with van der Waals surface area (Å²) in [5, 5.41) is 1.01. The van der Waals surface area contributed by atoms with E-state index in [1.165, 1.54) is 0 Å². The zero-order valence-corrected chi connectivity index (χ0v) is 9.19. The standard InChI is InChI=1S/C12H14N2O/c1-8(2)14-11(15)7-6-10-5-4-9(3)13-12(10)14/h4-8H,1-3H3. The molecule has 3 heteroatoms. The van der Waals surface area contributed by atoms with E-state index in [0.29, 0.717) is 0 Å². The third kappa shape index (κ3) is 1.65. The molecule has 0 saturated heterocycles. The highest BCUT2D eigenvalue weighted by Gasteiger charge is 2.07. The first-order valence-electron chi connectivity index (χ1n) is 5.08. The summed E-state index contributed by atoms with van der Waals surface area (Å²) in [4.78, 5) is 16.1. The fourth-order valence-electron chi connectivity index (χ4n) is 1.72. The normalized spacial score (nSPS) is 11.2. The molecule has 2 aromatic rings. The van der Waals surface area contributed by atoms with E-state index >= 15 is 0 Å². The minimum atomic E-state index is 0.00981. The molecule has 0 N–H and O–H groups in total. The molecule has 15 heavy (non-hydrogen) atoms. The first kappa shape index (κ1) is 9.90.